The fourth-order valence-electron chi connectivity index (χ4n) is 2.10. The number of hydrogen-bond donors (Lipinski definition) is 1. The lowest BCUT2D eigenvalue weighted by atomic mass is 9.88. The van der Waals surface area contributed by atoms with Gasteiger partial charge in [-0.3, -0.25) is 4.79 Å². The van der Waals surface area contributed by atoms with Crippen LogP contribution in [0.2, 0.25) is 0 Å². The maximum atomic E-state index is 12.2. The summed E-state index contributed by atoms with van der Waals surface area (Å²) in [4.78, 5) is 12.2. The summed E-state index contributed by atoms with van der Waals surface area (Å²) in [6.07, 6.45) is 2.88. The van der Waals surface area contributed by atoms with Crippen molar-refractivity contribution in [3.8, 4) is 0 Å². The molecule has 0 fully saturated rings. The van der Waals surface area contributed by atoms with Crippen molar-refractivity contribution in [2.75, 3.05) is 12.4 Å². The molecule has 1 rings (SSSR count). The smallest absolute Gasteiger partial charge is 0.251 e. The number of carbonyl (C=O) groups is 1. The van der Waals surface area contributed by atoms with Gasteiger partial charge in [0.2, 0.25) is 0 Å². The first-order chi connectivity index (χ1) is 9.00. The van der Waals surface area contributed by atoms with Crippen molar-refractivity contribution >= 4 is 17.5 Å². The number of carbonyl (C=O) groups excluding carboxylic acids is 1. The zero-order valence-electron chi connectivity index (χ0n) is 12.1. The lowest BCUT2D eigenvalue weighted by Crippen LogP contribution is -2.34. The average molecular weight is 282 g/mol. The SMILES string of the molecule is CCc1ccccc1C(=O)NCC(C)(C)CCCCl. The molecule has 1 N–H and O–H groups in total. The molecule has 2 nitrogen and oxygen atoms in total. The van der Waals surface area contributed by atoms with Crippen LogP contribution in [0.15, 0.2) is 24.3 Å². The van der Waals surface area contributed by atoms with Gasteiger partial charge in [0.15, 0.2) is 0 Å². The zero-order chi connectivity index (χ0) is 14.3. The number of benzene rings is 1. The van der Waals surface area contributed by atoms with Crippen molar-refractivity contribution in [3.05, 3.63) is 35.4 Å². The molecule has 0 unspecified atom stereocenters. The van der Waals surface area contributed by atoms with Gasteiger partial charge < -0.3 is 5.32 Å². The van der Waals surface area contributed by atoms with Crippen LogP contribution in [0.5, 0.6) is 0 Å². The molecule has 1 aromatic rings. The van der Waals surface area contributed by atoms with Crippen LogP contribution in [0.1, 0.15) is 49.5 Å². The largest absolute Gasteiger partial charge is 0.351 e. The van der Waals surface area contributed by atoms with Crippen molar-refractivity contribution in [1.29, 1.82) is 0 Å². The second-order valence-corrected chi connectivity index (χ2v) is 6.03. The standard InChI is InChI=1S/C16H24ClNO/c1-4-13-8-5-6-9-14(13)15(19)18-12-16(2,3)10-7-11-17/h5-6,8-9H,4,7,10-12H2,1-3H3,(H,18,19). The maximum Gasteiger partial charge on any atom is 0.251 e. The van der Waals surface area contributed by atoms with Crippen LogP contribution in [0, 0.1) is 5.41 Å². The summed E-state index contributed by atoms with van der Waals surface area (Å²) in [6.45, 7) is 7.06. The fraction of sp³-hybridized carbons (Fsp3) is 0.562. The highest BCUT2D eigenvalue weighted by molar-refractivity contribution is 6.17. The van der Waals surface area contributed by atoms with Crippen molar-refractivity contribution in [3.63, 3.8) is 0 Å². The Morgan fingerprint density at radius 1 is 1.32 bits per heavy atom. The second kappa shape index (κ2) is 7.54. The number of alkyl halides is 1. The lowest BCUT2D eigenvalue weighted by Gasteiger charge is -2.24. The molecule has 0 saturated heterocycles. The Morgan fingerprint density at radius 3 is 2.63 bits per heavy atom. The predicted octanol–water partition coefficient (Wildman–Crippen LogP) is 4.02. The van der Waals surface area contributed by atoms with E-state index >= 15 is 0 Å². The molecular formula is C16H24ClNO. The Kier molecular flexibility index (Phi) is 6.36. The van der Waals surface area contributed by atoms with Crippen LogP contribution in [-0.4, -0.2) is 18.3 Å². The van der Waals surface area contributed by atoms with Crippen LogP contribution in [0.3, 0.4) is 0 Å². The Morgan fingerprint density at radius 2 is 2.00 bits per heavy atom. The molecule has 1 aromatic carbocycles. The number of nitrogens with one attached hydrogen (secondary N) is 1. The molecule has 0 aromatic heterocycles. The first kappa shape index (κ1) is 16.0. The van der Waals surface area contributed by atoms with Gasteiger partial charge >= 0.3 is 0 Å². The van der Waals surface area contributed by atoms with E-state index in [0.717, 1.165) is 30.4 Å². The summed E-state index contributed by atoms with van der Waals surface area (Å²) in [5, 5.41) is 3.04. The molecule has 0 aliphatic rings. The first-order valence-electron chi connectivity index (χ1n) is 6.92. The Balaban J connectivity index is 2.60. The van der Waals surface area contributed by atoms with Gasteiger partial charge in [-0.2, -0.15) is 0 Å². The van der Waals surface area contributed by atoms with E-state index in [1.807, 2.05) is 24.3 Å². The Labute approximate surface area is 121 Å². The molecule has 0 aliphatic heterocycles. The Bertz CT molecular complexity index is 415. The van der Waals surface area contributed by atoms with E-state index in [2.05, 4.69) is 26.1 Å². The molecule has 0 saturated carbocycles. The van der Waals surface area contributed by atoms with Crippen LogP contribution in [0.25, 0.3) is 0 Å². The molecule has 0 spiro atoms. The van der Waals surface area contributed by atoms with E-state index < -0.39 is 0 Å². The summed E-state index contributed by atoms with van der Waals surface area (Å²) < 4.78 is 0. The van der Waals surface area contributed by atoms with E-state index in [0.29, 0.717) is 12.4 Å². The van der Waals surface area contributed by atoms with Crippen molar-refractivity contribution in [2.24, 2.45) is 5.41 Å². The summed E-state index contributed by atoms with van der Waals surface area (Å²) >= 11 is 5.72. The highest BCUT2D eigenvalue weighted by atomic mass is 35.5. The van der Waals surface area contributed by atoms with Crippen molar-refractivity contribution in [1.82, 2.24) is 5.32 Å². The second-order valence-electron chi connectivity index (χ2n) is 5.65. The highest BCUT2D eigenvalue weighted by Gasteiger charge is 2.19. The molecule has 1 amide bonds. The van der Waals surface area contributed by atoms with Gasteiger partial charge in [0, 0.05) is 18.0 Å². The summed E-state index contributed by atoms with van der Waals surface area (Å²) in [5.74, 6) is 0.701. The molecule has 0 aliphatic carbocycles. The summed E-state index contributed by atoms with van der Waals surface area (Å²) in [5.41, 5.74) is 1.97. The summed E-state index contributed by atoms with van der Waals surface area (Å²) in [6, 6.07) is 7.78. The number of amides is 1. The van der Waals surface area contributed by atoms with Crippen LogP contribution in [0.4, 0.5) is 0 Å². The van der Waals surface area contributed by atoms with Gasteiger partial charge in [0.1, 0.15) is 0 Å². The normalized spacial score (nSPS) is 11.4. The van der Waals surface area contributed by atoms with E-state index in [1.54, 1.807) is 0 Å². The predicted molar refractivity (Wildman–Crippen MR) is 81.9 cm³/mol. The average Bonchev–Trinajstić information content (AvgIpc) is 2.42. The number of rotatable bonds is 7. The van der Waals surface area contributed by atoms with Crippen LogP contribution >= 0.6 is 11.6 Å². The molecule has 0 bridgehead atoms. The van der Waals surface area contributed by atoms with E-state index in [1.165, 1.54) is 0 Å². The Hall–Kier alpha value is -1.02. The third-order valence-electron chi connectivity index (χ3n) is 3.36. The minimum atomic E-state index is 0.0244. The quantitative estimate of drug-likeness (QED) is 0.752. The first-order valence-corrected chi connectivity index (χ1v) is 7.45. The molecular weight excluding hydrogens is 258 g/mol. The van der Waals surface area contributed by atoms with E-state index in [9.17, 15) is 4.79 Å². The molecule has 0 heterocycles. The lowest BCUT2D eigenvalue weighted by molar-refractivity contribution is 0.0933. The maximum absolute atomic E-state index is 12.2. The van der Waals surface area contributed by atoms with Gasteiger partial charge in [0.05, 0.1) is 0 Å². The number of halogens is 1. The molecule has 3 heteroatoms. The minimum Gasteiger partial charge on any atom is -0.351 e. The van der Waals surface area contributed by atoms with Crippen LogP contribution in [-0.2, 0) is 6.42 Å². The topological polar surface area (TPSA) is 29.1 Å². The van der Waals surface area contributed by atoms with Crippen LogP contribution < -0.4 is 5.32 Å². The van der Waals surface area contributed by atoms with Crippen molar-refractivity contribution < 1.29 is 4.79 Å². The molecule has 106 valence electrons. The van der Waals surface area contributed by atoms with Gasteiger partial charge in [-0.05, 0) is 36.3 Å². The van der Waals surface area contributed by atoms with Gasteiger partial charge in [-0.1, -0.05) is 39.0 Å². The van der Waals surface area contributed by atoms with Gasteiger partial charge in [-0.25, -0.2) is 0 Å². The third kappa shape index (κ3) is 5.23. The number of aryl methyl sites for hydroxylation is 1. The molecule has 0 atom stereocenters. The monoisotopic (exact) mass is 281 g/mol. The highest BCUT2D eigenvalue weighted by Crippen LogP contribution is 2.21. The van der Waals surface area contributed by atoms with E-state index in [4.69, 9.17) is 11.6 Å². The number of hydrogen-bond acceptors (Lipinski definition) is 1. The van der Waals surface area contributed by atoms with E-state index in [-0.39, 0.29) is 11.3 Å². The zero-order valence-corrected chi connectivity index (χ0v) is 12.9. The summed E-state index contributed by atoms with van der Waals surface area (Å²) in [7, 11) is 0. The third-order valence-corrected chi connectivity index (χ3v) is 3.62. The fourth-order valence-corrected chi connectivity index (χ4v) is 2.23. The molecule has 0 radical (unpaired) electrons. The molecule has 19 heavy (non-hydrogen) atoms. The van der Waals surface area contributed by atoms with Crippen molar-refractivity contribution in [2.45, 2.75) is 40.0 Å². The van der Waals surface area contributed by atoms with Gasteiger partial charge in [-0.15, -0.1) is 11.6 Å². The minimum absolute atomic E-state index is 0.0244. The van der Waals surface area contributed by atoms with Gasteiger partial charge in [0.25, 0.3) is 5.91 Å².